The van der Waals surface area contributed by atoms with E-state index in [1.807, 2.05) is 0 Å². The molecule has 0 aromatic carbocycles. The predicted molar refractivity (Wildman–Crippen MR) is 74.2 cm³/mol. The Morgan fingerprint density at radius 3 is 2.50 bits per heavy atom. The van der Waals surface area contributed by atoms with Crippen molar-refractivity contribution >= 4 is 5.91 Å². The van der Waals surface area contributed by atoms with Crippen molar-refractivity contribution in [2.75, 3.05) is 0 Å². The van der Waals surface area contributed by atoms with Gasteiger partial charge in [0, 0.05) is 6.04 Å². The van der Waals surface area contributed by atoms with Gasteiger partial charge in [-0.3, -0.25) is 10.1 Å². The molecule has 1 N–H and O–H groups in total. The summed E-state index contributed by atoms with van der Waals surface area (Å²) in [6.45, 7) is 6.58. The molecule has 0 aromatic rings. The van der Waals surface area contributed by atoms with Crippen LogP contribution in [-0.2, 0) is 4.79 Å². The molecule has 1 saturated carbocycles. The molecule has 2 fully saturated rings. The zero-order valence-electron chi connectivity index (χ0n) is 12.1. The molecule has 1 aliphatic heterocycles. The van der Waals surface area contributed by atoms with E-state index in [2.05, 4.69) is 31.0 Å². The van der Waals surface area contributed by atoms with Gasteiger partial charge in [-0.25, -0.2) is 0 Å². The molecule has 0 aromatic heterocycles. The Bertz CT molecular complexity index is 284. The SMILES string of the molecule is CCC1NC(CC(C)C)N(C2CCCCC2)C1=O. The summed E-state index contributed by atoms with van der Waals surface area (Å²) in [5.74, 6) is 0.993. The fourth-order valence-corrected chi connectivity index (χ4v) is 3.43. The largest absolute Gasteiger partial charge is 0.323 e. The highest BCUT2D eigenvalue weighted by atomic mass is 16.2. The lowest BCUT2D eigenvalue weighted by molar-refractivity contribution is -0.133. The lowest BCUT2D eigenvalue weighted by Gasteiger charge is -2.35. The number of rotatable bonds is 4. The summed E-state index contributed by atoms with van der Waals surface area (Å²) in [7, 11) is 0. The molecular weight excluding hydrogens is 224 g/mol. The Labute approximate surface area is 111 Å². The van der Waals surface area contributed by atoms with Gasteiger partial charge in [0.1, 0.15) is 0 Å². The maximum absolute atomic E-state index is 12.5. The summed E-state index contributed by atoms with van der Waals surface area (Å²) in [4.78, 5) is 14.7. The number of carbonyl (C=O) groups is 1. The van der Waals surface area contributed by atoms with Crippen molar-refractivity contribution in [3.05, 3.63) is 0 Å². The minimum absolute atomic E-state index is 0.0654. The standard InChI is InChI=1S/C15H28N2O/c1-4-13-15(18)17(12-8-6-5-7-9-12)14(16-13)10-11(2)3/h11-14,16H,4-10H2,1-3H3. The molecule has 18 heavy (non-hydrogen) atoms. The van der Waals surface area contributed by atoms with Crippen LogP contribution >= 0.6 is 0 Å². The van der Waals surface area contributed by atoms with Crippen LogP contribution in [-0.4, -0.2) is 29.1 Å². The monoisotopic (exact) mass is 252 g/mol. The van der Waals surface area contributed by atoms with Crippen LogP contribution in [0.4, 0.5) is 0 Å². The zero-order chi connectivity index (χ0) is 13.1. The molecule has 1 heterocycles. The fraction of sp³-hybridized carbons (Fsp3) is 0.933. The molecule has 2 atom stereocenters. The molecule has 1 amide bonds. The summed E-state index contributed by atoms with van der Waals surface area (Å²) in [6, 6.07) is 0.565. The first-order valence-corrected chi connectivity index (χ1v) is 7.71. The molecule has 2 rings (SSSR count). The van der Waals surface area contributed by atoms with E-state index >= 15 is 0 Å². The normalized spacial score (nSPS) is 30.4. The summed E-state index contributed by atoms with van der Waals surface area (Å²) < 4.78 is 0. The van der Waals surface area contributed by atoms with Gasteiger partial charge in [-0.05, 0) is 31.6 Å². The Morgan fingerprint density at radius 2 is 1.94 bits per heavy atom. The van der Waals surface area contributed by atoms with Crippen LogP contribution in [0.2, 0.25) is 0 Å². The number of nitrogens with zero attached hydrogens (tertiary/aromatic N) is 1. The van der Waals surface area contributed by atoms with Gasteiger partial charge in [0.05, 0.1) is 12.2 Å². The Morgan fingerprint density at radius 1 is 1.28 bits per heavy atom. The molecular formula is C15H28N2O. The van der Waals surface area contributed by atoms with Crippen molar-refractivity contribution in [1.29, 1.82) is 0 Å². The number of nitrogens with one attached hydrogen (secondary N) is 1. The van der Waals surface area contributed by atoms with Gasteiger partial charge in [-0.15, -0.1) is 0 Å². The smallest absolute Gasteiger partial charge is 0.241 e. The predicted octanol–water partition coefficient (Wildman–Crippen LogP) is 2.90. The first-order valence-electron chi connectivity index (χ1n) is 7.71. The van der Waals surface area contributed by atoms with Crippen LogP contribution in [0, 0.1) is 5.92 Å². The molecule has 1 saturated heterocycles. The first kappa shape index (κ1) is 13.9. The van der Waals surface area contributed by atoms with Crippen LogP contribution in [0.25, 0.3) is 0 Å². The van der Waals surface area contributed by atoms with Crippen molar-refractivity contribution in [1.82, 2.24) is 10.2 Å². The highest BCUT2D eigenvalue weighted by Crippen LogP contribution is 2.29. The molecule has 2 aliphatic rings. The maximum Gasteiger partial charge on any atom is 0.241 e. The minimum Gasteiger partial charge on any atom is -0.323 e. The Balaban J connectivity index is 2.08. The van der Waals surface area contributed by atoms with Crippen molar-refractivity contribution < 1.29 is 4.79 Å². The van der Waals surface area contributed by atoms with E-state index in [1.165, 1.54) is 32.1 Å². The Kier molecular flexibility index (Phi) is 4.66. The van der Waals surface area contributed by atoms with Crippen LogP contribution in [0.15, 0.2) is 0 Å². The second kappa shape index (κ2) is 6.05. The molecule has 104 valence electrons. The molecule has 2 unspecified atom stereocenters. The van der Waals surface area contributed by atoms with Crippen LogP contribution in [0.3, 0.4) is 0 Å². The lowest BCUT2D eigenvalue weighted by atomic mass is 9.93. The van der Waals surface area contributed by atoms with Crippen molar-refractivity contribution in [2.24, 2.45) is 5.92 Å². The Hall–Kier alpha value is -0.570. The third-order valence-electron chi connectivity index (χ3n) is 4.35. The third kappa shape index (κ3) is 2.87. The van der Waals surface area contributed by atoms with Gasteiger partial charge < -0.3 is 4.90 Å². The fourth-order valence-electron chi connectivity index (χ4n) is 3.43. The van der Waals surface area contributed by atoms with E-state index in [0.717, 1.165) is 12.8 Å². The van der Waals surface area contributed by atoms with E-state index in [1.54, 1.807) is 0 Å². The average Bonchev–Trinajstić information content (AvgIpc) is 2.66. The van der Waals surface area contributed by atoms with E-state index in [-0.39, 0.29) is 12.2 Å². The summed E-state index contributed by atoms with van der Waals surface area (Å²) in [5.41, 5.74) is 0. The second-order valence-corrected chi connectivity index (χ2v) is 6.31. The minimum atomic E-state index is 0.0654. The van der Waals surface area contributed by atoms with Gasteiger partial charge in [0.2, 0.25) is 5.91 Å². The number of hydrogen-bond donors (Lipinski definition) is 1. The van der Waals surface area contributed by atoms with Crippen LogP contribution < -0.4 is 5.32 Å². The summed E-state index contributed by atoms with van der Waals surface area (Å²) in [6.07, 6.45) is 8.62. The number of amides is 1. The van der Waals surface area contributed by atoms with E-state index < -0.39 is 0 Å². The summed E-state index contributed by atoms with van der Waals surface area (Å²) in [5, 5.41) is 3.55. The zero-order valence-corrected chi connectivity index (χ0v) is 12.1. The highest BCUT2D eigenvalue weighted by molar-refractivity contribution is 5.84. The number of hydrogen-bond acceptors (Lipinski definition) is 2. The summed E-state index contributed by atoms with van der Waals surface area (Å²) >= 11 is 0. The molecule has 3 heteroatoms. The van der Waals surface area contributed by atoms with Gasteiger partial charge in [-0.2, -0.15) is 0 Å². The highest BCUT2D eigenvalue weighted by Gasteiger charge is 2.41. The van der Waals surface area contributed by atoms with Crippen molar-refractivity contribution in [3.63, 3.8) is 0 Å². The molecule has 3 nitrogen and oxygen atoms in total. The van der Waals surface area contributed by atoms with Gasteiger partial charge in [-0.1, -0.05) is 40.0 Å². The molecule has 1 aliphatic carbocycles. The quantitative estimate of drug-likeness (QED) is 0.834. The lowest BCUT2D eigenvalue weighted by Crippen LogP contribution is -2.46. The topological polar surface area (TPSA) is 32.3 Å². The van der Waals surface area contributed by atoms with Crippen molar-refractivity contribution in [3.8, 4) is 0 Å². The van der Waals surface area contributed by atoms with Gasteiger partial charge in [0.25, 0.3) is 0 Å². The number of carbonyl (C=O) groups excluding carboxylic acids is 1. The molecule has 0 spiro atoms. The molecule has 0 radical (unpaired) electrons. The first-order chi connectivity index (χ1) is 8.63. The van der Waals surface area contributed by atoms with Crippen LogP contribution in [0.1, 0.15) is 65.7 Å². The van der Waals surface area contributed by atoms with E-state index in [9.17, 15) is 4.79 Å². The third-order valence-corrected chi connectivity index (χ3v) is 4.35. The second-order valence-electron chi connectivity index (χ2n) is 6.31. The van der Waals surface area contributed by atoms with Crippen LogP contribution in [0.5, 0.6) is 0 Å². The van der Waals surface area contributed by atoms with E-state index in [4.69, 9.17) is 0 Å². The molecule has 0 bridgehead atoms. The average molecular weight is 252 g/mol. The van der Waals surface area contributed by atoms with Gasteiger partial charge >= 0.3 is 0 Å². The van der Waals surface area contributed by atoms with Crippen molar-refractivity contribution in [2.45, 2.75) is 84.0 Å². The van der Waals surface area contributed by atoms with E-state index in [0.29, 0.717) is 17.9 Å². The maximum atomic E-state index is 12.5. The van der Waals surface area contributed by atoms with Gasteiger partial charge in [0.15, 0.2) is 0 Å².